The lowest BCUT2D eigenvalue weighted by molar-refractivity contribution is 0.175. The van der Waals surface area contributed by atoms with Gasteiger partial charge in [0.25, 0.3) is 0 Å². The average molecular weight is 241 g/mol. The van der Waals surface area contributed by atoms with Crippen LogP contribution in [0.3, 0.4) is 0 Å². The van der Waals surface area contributed by atoms with Crippen molar-refractivity contribution in [2.24, 2.45) is 0 Å². The molecule has 90 valence electrons. The molecule has 0 bridgehead atoms. The van der Waals surface area contributed by atoms with Gasteiger partial charge in [-0.2, -0.15) is 11.8 Å². The maximum atomic E-state index is 9.87. The zero-order valence-electron chi connectivity index (χ0n) is 9.77. The smallest absolute Gasteiger partial charge is 0.118 e. The second-order valence-corrected chi connectivity index (χ2v) is 4.47. The molecule has 1 atom stereocenters. The number of ether oxygens (including phenoxy) is 1. The van der Waals surface area contributed by atoms with Crippen LogP contribution in [0, 0.1) is 0 Å². The van der Waals surface area contributed by atoms with Gasteiger partial charge >= 0.3 is 0 Å². The molecule has 1 aromatic rings. The van der Waals surface area contributed by atoms with E-state index in [4.69, 9.17) is 4.74 Å². The summed E-state index contributed by atoms with van der Waals surface area (Å²) in [5, 5.41) is 13.1. The largest absolute Gasteiger partial charge is 0.497 e. The molecule has 16 heavy (non-hydrogen) atoms. The first-order chi connectivity index (χ1) is 7.77. The van der Waals surface area contributed by atoms with E-state index < -0.39 is 6.10 Å². The summed E-state index contributed by atoms with van der Waals surface area (Å²) in [6.45, 7) is 1.52. The first-order valence-electron chi connectivity index (χ1n) is 5.29. The Bertz CT molecular complexity index is 290. The molecule has 0 amide bonds. The van der Waals surface area contributed by atoms with Crippen LogP contribution in [0.4, 0.5) is 0 Å². The summed E-state index contributed by atoms with van der Waals surface area (Å²) >= 11 is 1.79. The number of aliphatic hydroxyl groups excluding tert-OH is 1. The summed E-state index contributed by atoms with van der Waals surface area (Å²) in [5.41, 5.74) is 0.914. The van der Waals surface area contributed by atoms with Crippen LogP contribution in [0.1, 0.15) is 11.7 Å². The van der Waals surface area contributed by atoms with Crippen molar-refractivity contribution in [2.45, 2.75) is 6.10 Å². The van der Waals surface area contributed by atoms with Crippen molar-refractivity contribution in [1.82, 2.24) is 5.32 Å². The number of nitrogens with one attached hydrogen (secondary N) is 1. The Morgan fingerprint density at radius 1 is 1.38 bits per heavy atom. The van der Waals surface area contributed by atoms with Crippen molar-refractivity contribution >= 4 is 11.8 Å². The van der Waals surface area contributed by atoms with E-state index in [9.17, 15) is 5.11 Å². The van der Waals surface area contributed by atoms with Crippen LogP contribution in [0.5, 0.6) is 5.75 Å². The summed E-state index contributed by atoms with van der Waals surface area (Å²) in [6.07, 6.45) is 1.62. The molecule has 0 saturated carbocycles. The van der Waals surface area contributed by atoms with Gasteiger partial charge < -0.3 is 15.2 Å². The van der Waals surface area contributed by atoms with E-state index in [0.717, 1.165) is 23.6 Å². The number of benzene rings is 1. The average Bonchev–Trinajstić information content (AvgIpc) is 2.34. The predicted octanol–water partition coefficient (Wildman–Crippen LogP) is 1.68. The van der Waals surface area contributed by atoms with Crippen molar-refractivity contribution in [3.8, 4) is 5.75 Å². The van der Waals surface area contributed by atoms with Crippen LogP contribution >= 0.6 is 11.8 Å². The second kappa shape index (κ2) is 7.54. The Balaban J connectivity index is 2.37. The van der Waals surface area contributed by atoms with Gasteiger partial charge in [-0.15, -0.1) is 0 Å². The molecule has 1 rings (SSSR count). The third kappa shape index (κ3) is 4.43. The van der Waals surface area contributed by atoms with Crippen LogP contribution in [-0.2, 0) is 0 Å². The molecule has 0 spiro atoms. The van der Waals surface area contributed by atoms with Gasteiger partial charge in [0.2, 0.25) is 0 Å². The molecular weight excluding hydrogens is 222 g/mol. The van der Waals surface area contributed by atoms with E-state index in [1.807, 2.05) is 24.3 Å². The lowest BCUT2D eigenvalue weighted by Crippen LogP contribution is -2.23. The van der Waals surface area contributed by atoms with E-state index in [1.165, 1.54) is 0 Å². The molecule has 0 radical (unpaired) electrons. The fraction of sp³-hybridized carbons (Fsp3) is 0.500. The normalized spacial score (nSPS) is 12.4. The lowest BCUT2D eigenvalue weighted by Gasteiger charge is -2.12. The second-order valence-electron chi connectivity index (χ2n) is 3.49. The van der Waals surface area contributed by atoms with Gasteiger partial charge in [0.15, 0.2) is 0 Å². The zero-order valence-corrected chi connectivity index (χ0v) is 10.6. The van der Waals surface area contributed by atoms with Crippen molar-refractivity contribution in [3.63, 3.8) is 0 Å². The lowest BCUT2D eigenvalue weighted by atomic mass is 10.1. The monoisotopic (exact) mass is 241 g/mol. The quantitative estimate of drug-likeness (QED) is 0.713. The standard InChI is InChI=1S/C12H19NO2S/c1-15-11-5-3-10(4-6-11)12(14)9-13-7-8-16-2/h3-6,12-14H,7-9H2,1-2H3. The van der Waals surface area contributed by atoms with Crippen LogP contribution in [0.25, 0.3) is 0 Å². The molecule has 0 fully saturated rings. The van der Waals surface area contributed by atoms with E-state index >= 15 is 0 Å². The van der Waals surface area contributed by atoms with Gasteiger partial charge in [0.1, 0.15) is 5.75 Å². The van der Waals surface area contributed by atoms with Crippen LogP contribution in [-0.4, -0.2) is 37.3 Å². The Kier molecular flexibility index (Phi) is 6.30. The van der Waals surface area contributed by atoms with Gasteiger partial charge in [0, 0.05) is 18.8 Å². The molecule has 0 aromatic heterocycles. The van der Waals surface area contributed by atoms with Crippen molar-refractivity contribution < 1.29 is 9.84 Å². The summed E-state index contributed by atoms with van der Waals surface area (Å²) in [6, 6.07) is 7.50. The van der Waals surface area contributed by atoms with Gasteiger partial charge in [-0.3, -0.25) is 0 Å². The molecule has 1 unspecified atom stereocenters. The SMILES string of the molecule is COc1ccc(C(O)CNCCSC)cc1. The molecule has 0 aliphatic heterocycles. The molecule has 0 saturated heterocycles. The predicted molar refractivity (Wildman–Crippen MR) is 69.2 cm³/mol. The van der Waals surface area contributed by atoms with Crippen molar-refractivity contribution in [1.29, 1.82) is 0 Å². The molecule has 1 aromatic carbocycles. The van der Waals surface area contributed by atoms with Gasteiger partial charge in [-0.1, -0.05) is 12.1 Å². The highest BCUT2D eigenvalue weighted by atomic mass is 32.2. The molecule has 2 N–H and O–H groups in total. The third-order valence-electron chi connectivity index (χ3n) is 2.32. The van der Waals surface area contributed by atoms with Crippen LogP contribution < -0.4 is 10.1 Å². The highest BCUT2D eigenvalue weighted by molar-refractivity contribution is 7.98. The highest BCUT2D eigenvalue weighted by Crippen LogP contribution is 2.16. The summed E-state index contributed by atoms with van der Waals surface area (Å²) in [7, 11) is 1.63. The van der Waals surface area contributed by atoms with E-state index in [-0.39, 0.29) is 0 Å². The summed E-state index contributed by atoms with van der Waals surface area (Å²) < 4.78 is 5.06. The summed E-state index contributed by atoms with van der Waals surface area (Å²) in [5.74, 6) is 1.88. The number of hydrogen-bond donors (Lipinski definition) is 2. The molecule has 0 aliphatic rings. The van der Waals surface area contributed by atoms with Gasteiger partial charge in [-0.25, -0.2) is 0 Å². The van der Waals surface area contributed by atoms with E-state index in [0.29, 0.717) is 6.54 Å². The number of methoxy groups -OCH3 is 1. The maximum Gasteiger partial charge on any atom is 0.118 e. The van der Waals surface area contributed by atoms with Gasteiger partial charge in [0.05, 0.1) is 13.2 Å². The molecule has 3 nitrogen and oxygen atoms in total. The zero-order chi connectivity index (χ0) is 11.8. The van der Waals surface area contributed by atoms with E-state index in [2.05, 4.69) is 11.6 Å². The minimum Gasteiger partial charge on any atom is -0.497 e. The number of thioether (sulfide) groups is 1. The highest BCUT2D eigenvalue weighted by Gasteiger charge is 2.06. The van der Waals surface area contributed by atoms with Crippen molar-refractivity contribution in [3.05, 3.63) is 29.8 Å². The molecule has 0 aliphatic carbocycles. The first kappa shape index (κ1) is 13.4. The third-order valence-corrected chi connectivity index (χ3v) is 2.93. The minimum atomic E-state index is -0.451. The number of aliphatic hydroxyl groups is 1. The van der Waals surface area contributed by atoms with Crippen molar-refractivity contribution in [2.75, 3.05) is 32.2 Å². The first-order valence-corrected chi connectivity index (χ1v) is 6.69. The Hall–Kier alpha value is -0.710. The fourth-order valence-corrected chi connectivity index (χ4v) is 1.71. The topological polar surface area (TPSA) is 41.5 Å². The number of rotatable bonds is 7. The minimum absolute atomic E-state index is 0.451. The van der Waals surface area contributed by atoms with Crippen LogP contribution in [0.2, 0.25) is 0 Å². The van der Waals surface area contributed by atoms with Gasteiger partial charge in [-0.05, 0) is 24.0 Å². The Morgan fingerprint density at radius 2 is 2.06 bits per heavy atom. The summed E-state index contributed by atoms with van der Waals surface area (Å²) in [4.78, 5) is 0. The number of hydrogen-bond acceptors (Lipinski definition) is 4. The fourth-order valence-electron chi connectivity index (χ4n) is 1.36. The Labute approximate surface area is 101 Å². The molecule has 0 heterocycles. The maximum absolute atomic E-state index is 9.87. The van der Waals surface area contributed by atoms with Crippen LogP contribution in [0.15, 0.2) is 24.3 Å². The molecular formula is C12H19NO2S. The Morgan fingerprint density at radius 3 is 2.62 bits per heavy atom. The van der Waals surface area contributed by atoms with E-state index in [1.54, 1.807) is 18.9 Å². The molecule has 4 heteroatoms.